The number of benzene rings is 2. The first-order valence-electron chi connectivity index (χ1n) is 9.31. The Bertz CT molecular complexity index is 1040. The van der Waals surface area contributed by atoms with Gasteiger partial charge in [-0.1, -0.05) is 12.1 Å². The summed E-state index contributed by atoms with van der Waals surface area (Å²) < 4.78 is 38.6. The molecule has 0 spiro atoms. The summed E-state index contributed by atoms with van der Waals surface area (Å²) in [6.07, 6.45) is -0.204. The number of hydrogen-bond acceptors (Lipinski definition) is 6. The predicted octanol–water partition coefficient (Wildman–Crippen LogP) is 1.86. The van der Waals surface area contributed by atoms with E-state index < -0.39 is 16.0 Å². The van der Waals surface area contributed by atoms with Gasteiger partial charge in [-0.15, -0.1) is 0 Å². The largest absolute Gasteiger partial charge is 0.481 e. The lowest BCUT2D eigenvalue weighted by molar-refractivity contribution is -0.136. The smallest absolute Gasteiger partial charge is 0.307 e. The lowest BCUT2D eigenvalue weighted by atomic mass is 10.1. The fourth-order valence-electron chi connectivity index (χ4n) is 3.64. The summed E-state index contributed by atoms with van der Waals surface area (Å²) in [5, 5.41) is 9.05. The number of carboxylic acids is 1. The molecule has 0 bridgehead atoms. The van der Waals surface area contributed by atoms with E-state index in [1.165, 1.54) is 16.4 Å². The van der Waals surface area contributed by atoms with E-state index in [9.17, 15) is 13.2 Å². The third-order valence-electron chi connectivity index (χ3n) is 5.26. The number of fused-ring (bicyclic) bond motifs is 1. The van der Waals surface area contributed by atoms with Crippen LogP contribution in [0.15, 0.2) is 41.3 Å². The Morgan fingerprint density at radius 2 is 1.86 bits per heavy atom. The molecule has 2 heterocycles. The molecule has 154 valence electrons. The van der Waals surface area contributed by atoms with Gasteiger partial charge < -0.3 is 19.5 Å². The summed E-state index contributed by atoms with van der Waals surface area (Å²) in [5.74, 6) is 0.404. The molecule has 1 saturated heterocycles. The van der Waals surface area contributed by atoms with Crippen LogP contribution in [0.25, 0.3) is 0 Å². The molecule has 29 heavy (non-hydrogen) atoms. The normalized spacial score (nSPS) is 16.8. The first-order chi connectivity index (χ1) is 13.9. The van der Waals surface area contributed by atoms with Crippen molar-refractivity contribution in [3.05, 3.63) is 47.5 Å². The van der Waals surface area contributed by atoms with Crippen molar-refractivity contribution in [3.8, 4) is 11.5 Å². The third-order valence-corrected chi connectivity index (χ3v) is 7.15. The van der Waals surface area contributed by atoms with Gasteiger partial charge >= 0.3 is 5.97 Å². The number of rotatable bonds is 5. The Balaban J connectivity index is 1.51. The molecule has 0 unspecified atom stereocenters. The topological polar surface area (TPSA) is 96.4 Å². The SMILES string of the molecule is Cc1ccc(S(=O)(=O)N2CCN(c3cccc4c3OCO4)CC2)cc1CC(=O)O. The van der Waals surface area contributed by atoms with Gasteiger partial charge in [0.15, 0.2) is 11.5 Å². The molecule has 0 amide bonds. The van der Waals surface area contributed by atoms with Crippen LogP contribution in [0.2, 0.25) is 0 Å². The van der Waals surface area contributed by atoms with Gasteiger partial charge in [-0.2, -0.15) is 4.31 Å². The second kappa shape index (κ2) is 7.57. The van der Waals surface area contributed by atoms with E-state index in [4.69, 9.17) is 14.6 Å². The van der Waals surface area contributed by atoms with E-state index in [1.54, 1.807) is 13.0 Å². The summed E-state index contributed by atoms with van der Waals surface area (Å²) in [6.45, 7) is 3.66. The molecule has 0 aliphatic carbocycles. The predicted molar refractivity (Wildman–Crippen MR) is 106 cm³/mol. The van der Waals surface area contributed by atoms with E-state index in [0.29, 0.717) is 43.2 Å². The van der Waals surface area contributed by atoms with Gasteiger partial charge in [-0.3, -0.25) is 4.79 Å². The van der Waals surface area contributed by atoms with Crippen LogP contribution in [0.4, 0.5) is 5.69 Å². The first-order valence-corrected chi connectivity index (χ1v) is 10.8. The Morgan fingerprint density at radius 3 is 2.59 bits per heavy atom. The number of ether oxygens (including phenoxy) is 2. The Kier molecular flexibility index (Phi) is 5.10. The fraction of sp³-hybridized carbons (Fsp3) is 0.350. The molecular weight excluding hydrogens is 396 g/mol. The number of carboxylic acid groups (broad SMARTS) is 1. The highest BCUT2D eigenvalue weighted by molar-refractivity contribution is 7.89. The zero-order valence-corrected chi connectivity index (χ0v) is 16.8. The van der Waals surface area contributed by atoms with Crippen LogP contribution < -0.4 is 14.4 Å². The molecule has 2 aliphatic rings. The molecule has 0 aromatic heterocycles. The van der Waals surface area contributed by atoms with Crippen LogP contribution in [-0.2, 0) is 21.2 Å². The summed E-state index contributed by atoms with van der Waals surface area (Å²) in [5.41, 5.74) is 2.17. The van der Waals surface area contributed by atoms with Crippen LogP contribution in [0.1, 0.15) is 11.1 Å². The molecule has 4 rings (SSSR count). The molecule has 9 heteroatoms. The van der Waals surface area contributed by atoms with Gasteiger partial charge in [0.2, 0.25) is 16.8 Å². The highest BCUT2D eigenvalue weighted by atomic mass is 32.2. The van der Waals surface area contributed by atoms with Crippen molar-refractivity contribution in [3.63, 3.8) is 0 Å². The lowest BCUT2D eigenvalue weighted by Gasteiger charge is -2.35. The second-order valence-electron chi connectivity index (χ2n) is 7.06. The molecule has 0 saturated carbocycles. The number of carbonyl (C=O) groups is 1. The van der Waals surface area contributed by atoms with E-state index >= 15 is 0 Å². The summed E-state index contributed by atoms with van der Waals surface area (Å²) in [7, 11) is -3.70. The van der Waals surface area contributed by atoms with Crippen molar-refractivity contribution >= 4 is 21.7 Å². The average molecular weight is 418 g/mol. The molecule has 0 atom stereocenters. The number of aliphatic carboxylic acids is 1. The van der Waals surface area contributed by atoms with Crippen LogP contribution in [0.3, 0.4) is 0 Å². The second-order valence-corrected chi connectivity index (χ2v) is 9.00. The average Bonchev–Trinajstić information content (AvgIpc) is 3.18. The first kappa shape index (κ1) is 19.5. The zero-order chi connectivity index (χ0) is 20.6. The van der Waals surface area contributed by atoms with Crippen molar-refractivity contribution in [2.45, 2.75) is 18.2 Å². The van der Waals surface area contributed by atoms with Crippen LogP contribution in [0.5, 0.6) is 11.5 Å². The number of hydrogen-bond donors (Lipinski definition) is 1. The van der Waals surface area contributed by atoms with Crippen molar-refractivity contribution < 1.29 is 27.8 Å². The van der Waals surface area contributed by atoms with Gasteiger partial charge in [-0.25, -0.2) is 8.42 Å². The van der Waals surface area contributed by atoms with Crippen molar-refractivity contribution in [1.29, 1.82) is 0 Å². The van der Waals surface area contributed by atoms with E-state index in [-0.39, 0.29) is 18.1 Å². The number of sulfonamides is 1. The van der Waals surface area contributed by atoms with Crippen LogP contribution in [0, 0.1) is 6.92 Å². The van der Waals surface area contributed by atoms with Crippen LogP contribution >= 0.6 is 0 Å². The highest BCUT2D eigenvalue weighted by Gasteiger charge is 2.31. The molecule has 2 aliphatic heterocycles. The highest BCUT2D eigenvalue weighted by Crippen LogP contribution is 2.41. The number of aryl methyl sites for hydroxylation is 1. The minimum absolute atomic E-state index is 0.130. The van der Waals surface area contributed by atoms with Crippen molar-refractivity contribution in [1.82, 2.24) is 4.31 Å². The fourth-order valence-corrected chi connectivity index (χ4v) is 5.12. The van der Waals surface area contributed by atoms with E-state index in [2.05, 4.69) is 4.90 Å². The molecule has 1 fully saturated rings. The Morgan fingerprint density at radius 1 is 1.10 bits per heavy atom. The summed E-state index contributed by atoms with van der Waals surface area (Å²) >= 11 is 0. The van der Waals surface area contributed by atoms with Gasteiger partial charge in [0.25, 0.3) is 0 Å². The maximum Gasteiger partial charge on any atom is 0.307 e. The van der Waals surface area contributed by atoms with Crippen molar-refractivity contribution in [2.75, 3.05) is 37.9 Å². The number of para-hydroxylation sites is 1. The maximum absolute atomic E-state index is 13.1. The molecule has 2 aromatic rings. The van der Waals surface area contributed by atoms with Gasteiger partial charge in [0.05, 0.1) is 17.0 Å². The zero-order valence-electron chi connectivity index (χ0n) is 16.0. The summed E-state index contributed by atoms with van der Waals surface area (Å²) in [4.78, 5) is 13.3. The molecular formula is C20H22N2O6S. The lowest BCUT2D eigenvalue weighted by Crippen LogP contribution is -2.48. The van der Waals surface area contributed by atoms with Gasteiger partial charge in [-0.05, 0) is 42.3 Å². The molecule has 8 nitrogen and oxygen atoms in total. The number of piperazine rings is 1. The van der Waals surface area contributed by atoms with Gasteiger partial charge in [0, 0.05) is 26.2 Å². The molecule has 2 aromatic carbocycles. The third kappa shape index (κ3) is 3.75. The van der Waals surface area contributed by atoms with Crippen LogP contribution in [-0.4, -0.2) is 56.8 Å². The summed E-state index contributed by atoms with van der Waals surface area (Å²) in [6, 6.07) is 10.3. The maximum atomic E-state index is 13.1. The minimum atomic E-state index is -3.70. The molecule has 0 radical (unpaired) electrons. The van der Waals surface area contributed by atoms with Gasteiger partial charge in [0.1, 0.15) is 0 Å². The van der Waals surface area contributed by atoms with E-state index in [1.807, 2.05) is 18.2 Å². The number of nitrogens with zero attached hydrogens (tertiary/aromatic N) is 2. The quantitative estimate of drug-likeness (QED) is 0.792. The van der Waals surface area contributed by atoms with Crippen molar-refractivity contribution in [2.24, 2.45) is 0 Å². The Labute approximate surface area is 169 Å². The standard InChI is InChI=1S/C20H22N2O6S/c1-14-5-6-16(11-15(14)12-19(23)24)29(25,26)22-9-7-21(8-10-22)17-3-2-4-18-20(17)28-13-27-18/h2-6,11H,7-10,12-13H2,1H3,(H,23,24). The minimum Gasteiger partial charge on any atom is -0.481 e. The van der Waals surface area contributed by atoms with E-state index in [0.717, 1.165) is 11.3 Å². The number of anilines is 1. The Hall–Kier alpha value is -2.78. The molecule has 1 N–H and O–H groups in total. The monoisotopic (exact) mass is 418 g/mol.